The molecule has 1 aliphatic rings. The van der Waals surface area contributed by atoms with Gasteiger partial charge in [0.25, 0.3) is 0 Å². The number of hydrogen-bond acceptors (Lipinski definition) is 3. The Bertz CT molecular complexity index is 121. The predicted molar refractivity (Wildman–Crippen MR) is 50.1 cm³/mol. The molecule has 2 N–H and O–H groups in total. The first kappa shape index (κ1) is 9.96. The van der Waals surface area contributed by atoms with E-state index in [2.05, 4.69) is 11.8 Å². The molecule has 0 radical (unpaired) electrons. The molecule has 1 unspecified atom stereocenters. The van der Waals surface area contributed by atoms with Crippen LogP contribution in [0.3, 0.4) is 0 Å². The van der Waals surface area contributed by atoms with Crippen LogP contribution in [-0.2, 0) is 4.74 Å². The first-order valence-corrected chi connectivity index (χ1v) is 4.71. The highest BCUT2D eigenvalue weighted by Crippen LogP contribution is 2.18. The molecule has 3 nitrogen and oxygen atoms in total. The van der Waals surface area contributed by atoms with Crippen molar-refractivity contribution in [3.05, 3.63) is 0 Å². The molecule has 0 aromatic heterocycles. The third-order valence-electron chi connectivity index (χ3n) is 2.68. The van der Waals surface area contributed by atoms with Crippen molar-refractivity contribution in [1.82, 2.24) is 4.90 Å². The number of nitrogens with zero attached hydrogens (tertiary/aromatic N) is 1. The van der Waals surface area contributed by atoms with E-state index < -0.39 is 0 Å². The van der Waals surface area contributed by atoms with Gasteiger partial charge in [-0.05, 0) is 25.8 Å². The Labute approximate surface area is 74.9 Å². The van der Waals surface area contributed by atoms with Crippen molar-refractivity contribution >= 4 is 0 Å². The summed E-state index contributed by atoms with van der Waals surface area (Å²) in [6.45, 7) is 6.33. The number of likely N-dealkylation sites (tertiary alicyclic amines) is 1. The van der Waals surface area contributed by atoms with Crippen LogP contribution in [0.1, 0.15) is 13.3 Å². The van der Waals surface area contributed by atoms with Crippen LogP contribution in [0.4, 0.5) is 0 Å². The lowest BCUT2D eigenvalue weighted by Crippen LogP contribution is -2.53. The smallest absolute Gasteiger partial charge is 0.0477 e. The topological polar surface area (TPSA) is 38.5 Å². The van der Waals surface area contributed by atoms with Crippen LogP contribution in [0, 0.1) is 5.92 Å². The summed E-state index contributed by atoms with van der Waals surface area (Å²) < 4.78 is 5.03. The molecule has 1 fully saturated rings. The van der Waals surface area contributed by atoms with Crippen LogP contribution < -0.4 is 5.73 Å². The third-order valence-corrected chi connectivity index (χ3v) is 2.68. The minimum Gasteiger partial charge on any atom is -0.385 e. The summed E-state index contributed by atoms with van der Waals surface area (Å²) in [5.41, 5.74) is 5.54. The molecule has 0 aromatic rings. The van der Waals surface area contributed by atoms with Crippen molar-refractivity contribution < 1.29 is 4.74 Å². The second-order valence-corrected chi connectivity index (χ2v) is 3.69. The average Bonchev–Trinajstić information content (AvgIpc) is 1.99. The Morgan fingerprint density at radius 3 is 2.75 bits per heavy atom. The quantitative estimate of drug-likeness (QED) is 0.648. The summed E-state index contributed by atoms with van der Waals surface area (Å²) in [7, 11) is 1.76. The van der Waals surface area contributed by atoms with Crippen molar-refractivity contribution in [3.63, 3.8) is 0 Å². The van der Waals surface area contributed by atoms with Crippen molar-refractivity contribution in [3.8, 4) is 0 Å². The van der Waals surface area contributed by atoms with Gasteiger partial charge in [-0.2, -0.15) is 0 Å². The first-order chi connectivity index (χ1) is 5.77. The van der Waals surface area contributed by atoms with E-state index in [0.717, 1.165) is 25.5 Å². The lowest BCUT2D eigenvalue weighted by Gasteiger charge is -2.42. The van der Waals surface area contributed by atoms with Gasteiger partial charge in [-0.25, -0.2) is 0 Å². The van der Waals surface area contributed by atoms with Crippen LogP contribution in [0.25, 0.3) is 0 Å². The summed E-state index contributed by atoms with van der Waals surface area (Å²) in [6, 6.07) is 0.660. The Kier molecular flexibility index (Phi) is 3.98. The van der Waals surface area contributed by atoms with Crippen LogP contribution in [-0.4, -0.2) is 44.3 Å². The van der Waals surface area contributed by atoms with Crippen LogP contribution in [0.15, 0.2) is 0 Å². The highest BCUT2D eigenvalue weighted by atomic mass is 16.5. The summed E-state index contributed by atoms with van der Waals surface area (Å²) in [6.07, 6.45) is 1.13. The molecule has 3 heteroatoms. The van der Waals surface area contributed by atoms with Gasteiger partial charge in [0.2, 0.25) is 0 Å². The maximum atomic E-state index is 5.54. The molecule has 72 valence electrons. The third kappa shape index (κ3) is 2.44. The molecule has 0 amide bonds. The van der Waals surface area contributed by atoms with Gasteiger partial charge >= 0.3 is 0 Å². The van der Waals surface area contributed by atoms with Gasteiger partial charge in [-0.1, -0.05) is 0 Å². The predicted octanol–water partition coefficient (Wildman–Crippen LogP) is 0.302. The fraction of sp³-hybridized carbons (Fsp3) is 1.00. The van der Waals surface area contributed by atoms with Crippen LogP contribution >= 0.6 is 0 Å². The van der Waals surface area contributed by atoms with Crippen LogP contribution in [0.5, 0.6) is 0 Å². The number of ether oxygens (including phenoxy) is 1. The molecule has 12 heavy (non-hydrogen) atoms. The van der Waals surface area contributed by atoms with Crippen molar-refractivity contribution in [2.75, 3.05) is 33.4 Å². The van der Waals surface area contributed by atoms with E-state index in [4.69, 9.17) is 10.5 Å². The lowest BCUT2D eigenvalue weighted by atomic mass is 9.97. The summed E-state index contributed by atoms with van der Waals surface area (Å²) in [4.78, 5) is 2.47. The molecular formula is C9H20N2O. The molecule has 1 saturated heterocycles. The van der Waals surface area contributed by atoms with Gasteiger partial charge in [0, 0.05) is 32.8 Å². The lowest BCUT2D eigenvalue weighted by molar-refractivity contribution is 0.0475. The van der Waals surface area contributed by atoms with Crippen molar-refractivity contribution in [2.24, 2.45) is 11.7 Å². The second kappa shape index (κ2) is 4.80. The minimum absolute atomic E-state index is 0.660. The molecule has 1 atom stereocenters. The van der Waals surface area contributed by atoms with Gasteiger partial charge in [0.05, 0.1) is 0 Å². The van der Waals surface area contributed by atoms with Crippen molar-refractivity contribution in [1.29, 1.82) is 0 Å². The Morgan fingerprint density at radius 2 is 2.25 bits per heavy atom. The molecular weight excluding hydrogens is 152 g/mol. The maximum Gasteiger partial charge on any atom is 0.0477 e. The SMILES string of the molecule is COCCC(C)N1CC(CN)C1. The zero-order valence-electron chi connectivity index (χ0n) is 8.12. The Hall–Kier alpha value is -0.120. The number of methoxy groups -OCH3 is 1. The standard InChI is InChI=1S/C9H20N2O/c1-8(3-4-12-2)11-6-9(5-10)7-11/h8-9H,3-7,10H2,1-2H3. The number of rotatable bonds is 5. The van der Waals surface area contributed by atoms with E-state index in [1.807, 2.05) is 0 Å². The molecule has 0 spiro atoms. The highest BCUT2D eigenvalue weighted by Gasteiger charge is 2.28. The Morgan fingerprint density at radius 1 is 1.58 bits per heavy atom. The summed E-state index contributed by atoms with van der Waals surface area (Å²) >= 11 is 0. The molecule has 0 saturated carbocycles. The summed E-state index contributed by atoms with van der Waals surface area (Å²) in [5.74, 6) is 0.745. The van der Waals surface area contributed by atoms with E-state index in [9.17, 15) is 0 Å². The minimum atomic E-state index is 0.660. The fourth-order valence-electron chi connectivity index (χ4n) is 1.59. The van der Waals surface area contributed by atoms with E-state index in [1.54, 1.807) is 7.11 Å². The zero-order valence-corrected chi connectivity index (χ0v) is 8.12. The fourth-order valence-corrected chi connectivity index (χ4v) is 1.59. The van der Waals surface area contributed by atoms with Gasteiger partial charge in [0.15, 0.2) is 0 Å². The molecule has 0 aromatic carbocycles. The van der Waals surface area contributed by atoms with Gasteiger partial charge < -0.3 is 10.5 Å². The second-order valence-electron chi connectivity index (χ2n) is 3.69. The number of hydrogen-bond donors (Lipinski definition) is 1. The summed E-state index contributed by atoms with van der Waals surface area (Å²) in [5, 5.41) is 0. The van der Waals surface area contributed by atoms with Crippen molar-refractivity contribution in [2.45, 2.75) is 19.4 Å². The van der Waals surface area contributed by atoms with E-state index in [0.29, 0.717) is 6.04 Å². The molecule has 0 aliphatic carbocycles. The van der Waals surface area contributed by atoms with Crippen LogP contribution in [0.2, 0.25) is 0 Å². The Balaban J connectivity index is 2.06. The van der Waals surface area contributed by atoms with Gasteiger partial charge in [0.1, 0.15) is 0 Å². The average molecular weight is 172 g/mol. The highest BCUT2D eigenvalue weighted by molar-refractivity contribution is 4.83. The van der Waals surface area contributed by atoms with E-state index >= 15 is 0 Å². The largest absolute Gasteiger partial charge is 0.385 e. The molecule has 1 rings (SSSR count). The van der Waals surface area contributed by atoms with Gasteiger partial charge in [-0.3, -0.25) is 4.90 Å². The monoisotopic (exact) mass is 172 g/mol. The molecule has 0 bridgehead atoms. The van der Waals surface area contributed by atoms with E-state index in [1.165, 1.54) is 13.1 Å². The van der Waals surface area contributed by atoms with E-state index in [-0.39, 0.29) is 0 Å². The molecule has 1 aliphatic heterocycles. The molecule has 1 heterocycles. The van der Waals surface area contributed by atoms with Gasteiger partial charge in [-0.15, -0.1) is 0 Å². The maximum absolute atomic E-state index is 5.54. The first-order valence-electron chi connectivity index (χ1n) is 4.71. The normalized spacial score (nSPS) is 22.2. The number of nitrogens with two attached hydrogens (primary N) is 1. The zero-order chi connectivity index (χ0) is 8.97.